The summed E-state index contributed by atoms with van der Waals surface area (Å²) in [6, 6.07) is 10.4. The summed E-state index contributed by atoms with van der Waals surface area (Å²) >= 11 is 0. The number of hydrogen-bond donors (Lipinski definition) is 3. The molecule has 1 saturated heterocycles. The maximum absolute atomic E-state index is 12.9. The molecule has 1 aromatic heterocycles. The van der Waals surface area contributed by atoms with Crippen molar-refractivity contribution in [2.45, 2.75) is 13.0 Å². The van der Waals surface area contributed by atoms with Gasteiger partial charge in [-0.15, -0.1) is 0 Å². The standard InChI is InChI=1S/C22H26N6O3/c1-2-31-20(29)18-17(25-22(30)26-19(18)16-7-4-3-5-8-16)15-27-11-13-28(14-12-27)21-23-9-6-10-24-21/h3-10,19H,2,11-15H2,1H3,(H2,25,26,30)/p+1/t19-/m0/s1. The molecule has 162 valence electrons. The molecule has 2 aromatic rings. The van der Waals surface area contributed by atoms with Crippen LogP contribution in [0.1, 0.15) is 18.5 Å². The van der Waals surface area contributed by atoms with Gasteiger partial charge in [-0.3, -0.25) is 0 Å². The van der Waals surface area contributed by atoms with E-state index in [0.717, 1.165) is 37.7 Å². The van der Waals surface area contributed by atoms with E-state index >= 15 is 0 Å². The van der Waals surface area contributed by atoms with Crippen LogP contribution in [0.3, 0.4) is 0 Å². The first-order valence-electron chi connectivity index (χ1n) is 10.5. The van der Waals surface area contributed by atoms with Crippen LogP contribution in [-0.4, -0.2) is 61.3 Å². The number of amides is 2. The Kier molecular flexibility index (Phi) is 6.42. The molecule has 0 radical (unpaired) electrons. The number of quaternary nitrogens is 1. The molecule has 0 spiro atoms. The molecular weight excluding hydrogens is 396 g/mol. The minimum atomic E-state index is -0.539. The number of carbonyl (C=O) groups is 2. The van der Waals surface area contributed by atoms with Crippen LogP contribution in [0, 0.1) is 0 Å². The first kappa shape index (κ1) is 20.8. The van der Waals surface area contributed by atoms with E-state index in [9.17, 15) is 9.59 Å². The molecule has 9 nitrogen and oxygen atoms in total. The van der Waals surface area contributed by atoms with E-state index in [2.05, 4.69) is 25.5 Å². The molecule has 2 aliphatic rings. The Hall–Kier alpha value is -3.46. The van der Waals surface area contributed by atoms with Crippen molar-refractivity contribution in [1.82, 2.24) is 20.6 Å². The number of hydrogen-bond acceptors (Lipinski definition) is 6. The van der Waals surface area contributed by atoms with E-state index in [1.165, 1.54) is 4.90 Å². The molecule has 4 rings (SSSR count). The minimum absolute atomic E-state index is 0.272. The molecule has 3 N–H and O–H groups in total. The van der Waals surface area contributed by atoms with Crippen molar-refractivity contribution in [2.24, 2.45) is 0 Å². The number of ether oxygens (including phenoxy) is 1. The van der Waals surface area contributed by atoms with Gasteiger partial charge in [-0.25, -0.2) is 19.6 Å². The molecule has 31 heavy (non-hydrogen) atoms. The van der Waals surface area contributed by atoms with Gasteiger partial charge in [0.25, 0.3) is 0 Å². The first-order valence-corrected chi connectivity index (χ1v) is 10.5. The quantitative estimate of drug-likeness (QED) is 0.568. The highest BCUT2D eigenvalue weighted by Crippen LogP contribution is 2.27. The average Bonchev–Trinajstić information content (AvgIpc) is 2.80. The van der Waals surface area contributed by atoms with Crippen LogP contribution in [0.5, 0.6) is 0 Å². The van der Waals surface area contributed by atoms with Gasteiger partial charge in [-0.2, -0.15) is 0 Å². The summed E-state index contributed by atoms with van der Waals surface area (Å²) in [7, 11) is 0. The van der Waals surface area contributed by atoms with Gasteiger partial charge in [0.05, 0.1) is 50.1 Å². The summed E-state index contributed by atoms with van der Waals surface area (Å²) in [6.07, 6.45) is 3.48. The Morgan fingerprint density at radius 1 is 1.16 bits per heavy atom. The van der Waals surface area contributed by atoms with Gasteiger partial charge in [-0.1, -0.05) is 30.3 Å². The van der Waals surface area contributed by atoms with Crippen LogP contribution in [0.2, 0.25) is 0 Å². The minimum Gasteiger partial charge on any atom is -0.463 e. The number of anilines is 1. The van der Waals surface area contributed by atoms with E-state index in [1.54, 1.807) is 25.4 Å². The lowest BCUT2D eigenvalue weighted by Gasteiger charge is -2.34. The van der Waals surface area contributed by atoms with Crippen molar-refractivity contribution >= 4 is 17.9 Å². The summed E-state index contributed by atoms with van der Waals surface area (Å²) in [4.78, 5) is 37.4. The van der Waals surface area contributed by atoms with Crippen LogP contribution in [0.25, 0.3) is 0 Å². The molecule has 0 saturated carbocycles. The normalized spacial score (nSPS) is 19.6. The Morgan fingerprint density at radius 2 is 1.87 bits per heavy atom. The predicted molar refractivity (Wildman–Crippen MR) is 114 cm³/mol. The number of piperazine rings is 1. The van der Waals surface area contributed by atoms with Crippen molar-refractivity contribution in [1.29, 1.82) is 0 Å². The van der Waals surface area contributed by atoms with Gasteiger partial charge in [-0.05, 0) is 18.6 Å². The fourth-order valence-electron chi connectivity index (χ4n) is 4.01. The topological polar surface area (TPSA) is 101 Å². The van der Waals surface area contributed by atoms with Gasteiger partial charge in [0.1, 0.15) is 6.54 Å². The Labute approximate surface area is 181 Å². The smallest absolute Gasteiger partial charge is 0.338 e. The zero-order valence-electron chi connectivity index (χ0n) is 17.5. The van der Waals surface area contributed by atoms with E-state index in [1.807, 2.05) is 30.3 Å². The summed E-state index contributed by atoms with van der Waals surface area (Å²) in [6.45, 7) is 5.88. The molecule has 0 aliphatic carbocycles. The first-order chi connectivity index (χ1) is 15.2. The number of benzene rings is 1. The van der Waals surface area contributed by atoms with Gasteiger partial charge < -0.3 is 25.2 Å². The van der Waals surface area contributed by atoms with Gasteiger partial charge in [0.2, 0.25) is 5.95 Å². The number of nitrogens with one attached hydrogen (secondary N) is 3. The monoisotopic (exact) mass is 423 g/mol. The Bertz CT molecular complexity index is 942. The number of esters is 1. The lowest BCUT2D eigenvalue weighted by Crippen LogP contribution is -3.15. The second-order valence-electron chi connectivity index (χ2n) is 7.52. The van der Waals surface area contributed by atoms with Crippen molar-refractivity contribution in [2.75, 3.05) is 44.2 Å². The van der Waals surface area contributed by atoms with E-state index in [4.69, 9.17) is 4.74 Å². The maximum Gasteiger partial charge on any atom is 0.338 e. The third-order valence-corrected chi connectivity index (χ3v) is 5.51. The number of urea groups is 1. The van der Waals surface area contributed by atoms with Crippen LogP contribution in [-0.2, 0) is 9.53 Å². The van der Waals surface area contributed by atoms with E-state index in [-0.39, 0.29) is 12.6 Å². The largest absolute Gasteiger partial charge is 0.463 e. The number of aromatic nitrogens is 2. The lowest BCUT2D eigenvalue weighted by atomic mass is 9.95. The summed E-state index contributed by atoms with van der Waals surface area (Å²) in [5.41, 5.74) is 1.93. The molecule has 1 aromatic carbocycles. The molecule has 1 fully saturated rings. The third-order valence-electron chi connectivity index (χ3n) is 5.51. The second-order valence-corrected chi connectivity index (χ2v) is 7.52. The fourth-order valence-corrected chi connectivity index (χ4v) is 4.01. The third kappa shape index (κ3) is 4.83. The number of rotatable bonds is 6. The van der Waals surface area contributed by atoms with Crippen LogP contribution in [0.15, 0.2) is 60.1 Å². The highest BCUT2D eigenvalue weighted by Gasteiger charge is 2.35. The fraction of sp³-hybridized carbons (Fsp3) is 0.364. The highest BCUT2D eigenvalue weighted by atomic mass is 16.5. The molecular formula is C22H27N6O3+. The zero-order chi connectivity index (χ0) is 21.6. The van der Waals surface area contributed by atoms with Crippen LogP contribution < -0.4 is 20.4 Å². The van der Waals surface area contributed by atoms with Gasteiger partial charge in [0, 0.05) is 12.4 Å². The summed E-state index contributed by atoms with van der Waals surface area (Å²) in [5, 5.41) is 5.74. The average molecular weight is 423 g/mol. The molecule has 2 amide bonds. The lowest BCUT2D eigenvalue weighted by molar-refractivity contribution is -0.896. The van der Waals surface area contributed by atoms with Crippen molar-refractivity contribution < 1.29 is 19.2 Å². The van der Waals surface area contributed by atoms with Gasteiger partial charge in [0.15, 0.2) is 0 Å². The Morgan fingerprint density at radius 3 is 2.55 bits per heavy atom. The predicted octanol–water partition coefficient (Wildman–Crippen LogP) is 0.0528. The van der Waals surface area contributed by atoms with Gasteiger partial charge >= 0.3 is 12.0 Å². The van der Waals surface area contributed by atoms with Crippen molar-refractivity contribution in [3.63, 3.8) is 0 Å². The Balaban J connectivity index is 1.55. The van der Waals surface area contributed by atoms with Crippen LogP contribution in [0.4, 0.5) is 10.7 Å². The summed E-state index contributed by atoms with van der Waals surface area (Å²) < 4.78 is 5.34. The molecule has 0 bridgehead atoms. The van der Waals surface area contributed by atoms with Crippen molar-refractivity contribution in [3.05, 3.63) is 65.6 Å². The zero-order valence-corrected chi connectivity index (χ0v) is 17.5. The maximum atomic E-state index is 12.9. The second kappa shape index (κ2) is 9.57. The highest BCUT2D eigenvalue weighted by molar-refractivity contribution is 5.95. The van der Waals surface area contributed by atoms with Crippen molar-refractivity contribution in [3.8, 4) is 0 Å². The number of carbonyl (C=O) groups excluding carboxylic acids is 2. The van der Waals surface area contributed by atoms with Crippen LogP contribution >= 0.6 is 0 Å². The summed E-state index contributed by atoms with van der Waals surface area (Å²) in [5.74, 6) is 0.321. The molecule has 0 unspecified atom stereocenters. The molecule has 9 heteroatoms. The molecule has 3 heterocycles. The molecule has 2 aliphatic heterocycles. The number of nitrogens with zero attached hydrogens (tertiary/aromatic N) is 3. The molecule has 1 atom stereocenters. The van der Waals surface area contributed by atoms with E-state index in [0.29, 0.717) is 17.8 Å². The SMILES string of the molecule is CCOC(=O)C1=C(C[NH+]2CCN(c3ncccn3)CC2)NC(=O)N[C@H]1c1ccccc1. The van der Waals surface area contributed by atoms with E-state index < -0.39 is 12.0 Å².